The highest BCUT2D eigenvalue weighted by Crippen LogP contribution is 2.46. The van der Waals surface area contributed by atoms with Crippen LogP contribution in [0, 0.1) is 11.6 Å². The van der Waals surface area contributed by atoms with Crippen LogP contribution in [0.25, 0.3) is 10.4 Å². The van der Waals surface area contributed by atoms with Gasteiger partial charge in [-0.15, -0.1) is 0 Å². The number of hydrazine groups is 1. The topological polar surface area (TPSA) is 141 Å². The quantitative estimate of drug-likeness (QED) is 0.0447. The SMILES string of the molecule is [N-]=[N+]=Nc1ccccc1C[C@]1(C(=O)NNCc2cc(F)ccc2F)N=C(c2ccc(OCCCO)cc2)O[C@H]1c1ccc(Cl)cc1Cl. The molecule has 1 aliphatic heterocycles. The predicted octanol–water partition coefficient (Wildman–Crippen LogP) is 7.30. The zero-order chi connectivity index (χ0) is 33.4. The number of benzene rings is 4. The van der Waals surface area contributed by atoms with Gasteiger partial charge >= 0.3 is 0 Å². The number of nitrogens with zero attached hydrogens (tertiary/aromatic N) is 4. The Morgan fingerprint density at radius 1 is 1.06 bits per heavy atom. The molecule has 1 heterocycles. The first-order chi connectivity index (χ1) is 22.7. The van der Waals surface area contributed by atoms with Gasteiger partial charge in [-0.3, -0.25) is 10.2 Å². The fraction of sp³-hybridized carbons (Fsp3) is 0.212. The summed E-state index contributed by atoms with van der Waals surface area (Å²) in [4.78, 5) is 22.2. The van der Waals surface area contributed by atoms with E-state index >= 15 is 0 Å². The van der Waals surface area contributed by atoms with Crippen LogP contribution in [0.4, 0.5) is 14.5 Å². The monoisotopic (exact) mass is 680 g/mol. The molecule has 0 saturated carbocycles. The van der Waals surface area contributed by atoms with Crippen molar-refractivity contribution in [2.24, 2.45) is 10.1 Å². The second kappa shape index (κ2) is 15.3. The minimum Gasteiger partial charge on any atom is -0.494 e. The second-order valence-electron chi connectivity index (χ2n) is 10.5. The molecule has 1 aliphatic rings. The number of aliphatic imine (C=N–C) groups is 1. The zero-order valence-electron chi connectivity index (χ0n) is 24.7. The number of carbonyl (C=O) groups is 1. The predicted molar refractivity (Wildman–Crippen MR) is 173 cm³/mol. The van der Waals surface area contributed by atoms with E-state index in [-0.39, 0.29) is 41.7 Å². The van der Waals surface area contributed by atoms with Crippen molar-refractivity contribution < 1.29 is 28.2 Å². The molecule has 0 saturated heterocycles. The van der Waals surface area contributed by atoms with Gasteiger partial charge in [0.15, 0.2) is 11.6 Å². The minimum atomic E-state index is -1.78. The molecule has 0 fully saturated rings. The van der Waals surface area contributed by atoms with E-state index in [9.17, 15) is 19.1 Å². The van der Waals surface area contributed by atoms with E-state index in [1.807, 2.05) is 0 Å². The molecule has 0 bridgehead atoms. The second-order valence-corrected chi connectivity index (χ2v) is 11.3. The molecule has 4 aromatic rings. The van der Waals surface area contributed by atoms with Crippen molar-refractivity contribution in [1.29, 1.82) is 0 Å². The Morgan fingerprint density at radius 3 is 2.60 bits per heavy atom. The first-order valence-corrected chi connectivity index (χ1v) is 15.2. The van der Waals surface area contributed by atoms with Crippen molar-refractivity contribution in [2.45, 2.75) is 31.0 Å². The molecule has 14 heteroatoms. The van der Waals surface area contributed by atoms with Gasteiger partial charge in [0.25, 0.3) is 5.91 Å². The number of azide groups is 1. The maximum Gasteiger partial charge on any atom is 0.266 e. The molecule has 0 aliphatic carbocycles. The summed E-state index contributed by atoms with van der Waals surface area (Å²) in [5.41, 5.74) is 14.4. The first-order valence-electron chi connectivity index (χ1n) is 14.4. The summed E-state index contributed by atoms with van der Waals surface area (Å²) >= 11 is 12.9. The van der Waals surface area contributed by atoms with E-state index < -0.39 is 29.2 Å². The van der Waals surface area contributed by atoms with Crippen molar-refractivity contribution in [3.05, 3.63) is 139 Å². The van der Waals surface area contributed by atoms with E-state index in [0.29, 0.717) is 40.5 Å². The molecule has 242 valence electrons. The molecule has 10 nitrogen and oxygen atoms in total. The number of hydrogen-bond donors (Lipinski definition) is 3. The Balaban J connectivity index is 1.59. The van der Waals surface area contributed by atoms with Crippen molar-refractivity contribution >= 4 is 40.7 Å². The molecule has 0 aromatic heterocycles. The van der Waals surface area contributed by atoms with Crippen LogP contribution in [0.3, 0.4) is 0 Å². The standard InChI is InChI=1S/C33H28Cl2F2N6O4/c34-23-8-12-26(27(35)17-23)30-33(18-21-4-1-2-5-29(21)41-43-38,32(45)42-39-19-22-16-24(36)9-13-28(22)37)40-31(47-30)20-6-10-25(11-7-20)46-15-3-14-44/h1-2,4-13,16-17,30,39,44H,3,14-15,18-19H2,(H,42,45)/t30-,33-/m0/s1. The van der Waals surface area contributed by atoms with Gasteiger partial charge in [-0.2, -0.15) is 0 Å². The molecule has 0 unspecified atom stereocenters. The number of carbonyl (C=O) groups excluding carboxylic acids is 1. The van der Waals surface area contributed by atoms with Crippen LogP contribution in [0.5, 0.6) is 5.75 Å². The Labute approximate surface area is 278 Å². The van der Waals surface area contributed by atoms with E-state index in [2.05, 4.69) is 20.9 Å². The third-order valence-corrected chi connectivity index (χ3v) is 7.93. The fourth-order valence-electron chi connectivity index (χ4n) is 5.08. The summed E-state index contributed by atoms with van der Waals surface area (Å²) in [5, 5.41) is 13.4. The van der Waals surface area contributed by atoms with Gasteiger partial charge in [0.1, 0.15) is 17.4 Å². The number of aliphatic hydroxyl groups is 1. The maximum atomic E-state index is 14.4. The highest BCUT2D eigenvalue weighted by atomic mass is 35.5. The summed E-state index contributed by atoms with van der Waals surface area (Å²) in [6.07, 6.45) is -0.787. The maximum absolute atomic E-state index is 14.4. The van der Waals surface area contributed by atoms with Crippen LogP contribution in [0.1, 0.15) is 34.8 Å². The van der Waals surface area contributed by atoms with Crippen LogP contribution < -0.4 is 15.6 Å². The fourth-order valence-corrected chi connectivity index (χ4v) is 5.58. The third-order valence-electron chi connectivity index (χ3n) is 7.37. The number of ether oxygens (including phenoxy) is 2. The summed E-state index contributed by atoms with van der Waals surface area (Å²) in [7, 11) is 0. The molecule has 0 spiro atoms. The molecule has 1 amide bonds. The van der Waals surface area contributed by atoms with Gasteiger partial charge in [-0.1, -0.05) is 58.6 Å². The van der Waals surface area contributed by atoms with Crippen molar-refractivity contribution in [2.75, 3.05) is 13.2 Å². The van der Waals surface area contributed by atoms with Gasteiger partial charge in [0.2, 0.25) is 5.90 Å². The molecular formula is C33H28Cl2F2N6O4. The summed E-state index contributed by atoms with van der Waals surface area (Å²) < 4.78 is 40.2. The van der Waals surface area contributed by atoms with Crippen LogP contribution in [0.2, 0.25) is 10.0 Å². The van der Waals surface area contributed by atoms with E-state index in [1.165, 1.54) is 6.07 Å². The minimum absolute atomic E-state index is 0.00361. The van der Waals surface area contributed by atoms with Gasteiger partial charge in [0.05, 0.1) is 6.61 Å². The Hall–Kier alpha value is -4.71. The lowest BCUT2D eigenvalue weighted by molar-refractivity contribution is -0.130. The number of hydrogen-bond acceptors (Lipinski definition) is 7. The van der Waals surface area contributed by atoms with Crippen molar-refractivity contribution in [1.82, 2.24) is 10.9 Å². The lowest BCUT2D eigenvalue weighted by Gasteiger charge is -2.31. The van der Waals surface area contributed by atoms with Crippen LogP contribution in [-0.2, 0) is 22.5 Å². The number of aliphatic hydroxyl groups excluding tert-OH is 1. The Morgan fingerprint density at radius 2 is 1.85 bits per heavy atom. The van der Waals surface area contributed by atoms with E-state index in [1.54, 1.807) is 60.7 Å². The Bertz CT molecular complexity index is 1840. The van der Waals surface area contributed by atoms with Crippen LogP contribution >= 0.6 is 23.2 Å². The Kier molecular flexibility index (Phi) is 10.9. The number of halogens is 4. The highest BCUT2D eigenvalue weighted by molar-refractivity contribution is 6.35. The molecular weight excluding hydrogens is 653 g/mol. The normalized spacial score (nSPS) is 17.0. The molecule has 2 atom stereocenters. The smallest absolute Gasteiger partial charge is 0.266 e. The zero-order valence-corrected chi connectivity index (χ0v) is 26.2. The lowest BCUT2D eigenvalue weighted by Crippen LogP contribution is -2.53. The molecule has 47 heavy (non-hydrogen) atoms. The van der Waals surface area contributed by atoms with Gasteiger partial charge in [-0.25, -0.2) is 19.2 Å². The average Bonchev–Trinajstić information content (AvgIpc) is 3.44. The van der Waals surface area contributed by atoms with Crippen molar-refractivity contribution in [3.63, 3.8) is 0 Å². The van der Waals surface area contributed by atoms with Crippen LogP contribution in [-0.4, -0.2) is 35.7 Å². The highest BCUT2D eigenvalue weighted by Gasteiger charge is 2.54. The van der Waals surface area contributed by atoms with Gasteiger partial charge in [0, 0.05) is 63.3 Å². The summed E-state index contributed by atoms with van der Waals surface area (Å²) in [6, 6.07) is 21.3. The van der Waals surface area contributed by atoms with E-state index in [4.69, 9.17) is 42.8 Å². The first kappa shape index (κ1) is 33.6. The molecule has 5 rings (SSSR count). The van der Waals surface area contributed by atoms with Crippen LogP contribution in [0.15, 0.2) is 95.0 Å². The average molecular weight is 682 g/mol. The molecule has 4 aromatic carbocycles. The number of rotatable bonds is 13. The van der Waals surface area contributed by atoms with Gasteiger partial charge < -0.3 is 14.6 Å². The van der Waals surface area contributed by atoms with Crippen molar-refractivity contribution in [3.8, 4) is 5.75 Å². The largest absolute Gasteiger partial charge is 0.494 e. The number of amides is 1. The lowest BCUT2D eigenvalue weighted by atomic mass is 9.81. The van der Waals surface area contributed by atoms with Gasteiger partial charge in [-0.05, 0) is 65.7 Å². The molecule has 3 N–H and O–H groups in total. The van der Waals surface area contributed by atoms with E-state index in [0.717, 1.165) is 18.2 Å². The summed E-state index contributed by atoms with van der Waals surface area (Å²) in [5.74, 6) is -1.33. The summed E-state index contributed by atoms with van der Waals surface area (Å²) in [6.45, 7) is 0.0729. The molecule has 0 radical (unpaired) electrons. The third kappa shape index (κ3) is 7.82. The number of nitrogens with one attached hydrogen (secondary N) is 2.